The molecule has 3 rings (SSSR count). The number of nitrogens with zero attached hydrogens (tertiary/aromatic N) is 2. The molecule has 0 fully saturated rings. The molecule has 0 saturated heterocycles. The minimum Gasteiger partial charge on any atom is -0.496 e. The van der Waals surface area contributed by atoms with Crippen LogP contribution in [0.15, 0.2) is 53.1 Å². The van der Waals surface area contributed by atoms with Crippen LogP contribution in [0.1, 0.15) is 31.2 Å². The zero-order valence-electron chi connectivity index (χ0n) is 14.1. The van der Waals surface area contributed by atoms with Gasteiger partial charge < -0.3 is 14.6 Å². The molecular formula is C19H21N3O2. The number of hydrogen-bond acceptors (Lipinski definition) is 5. The van der Waals surface area contributed by atoms with E-state index in [4.69, 9.17) is 9.26 Å². The average Bonchev–Trinajstić information content (AvgIpc) is 3.09. The lowest BCUT2D eigenvalue weighted by Gasteiger charge is -2.07. The molecule has 0 spiro atoms. The number of hydrogen-bond donors (Lipinski definition) is 1. The maximum absolute atomic E-state index is 5.35. The first-order valence-corrected chi connectivity index (χ1v) is 7.97. The van der Waals surface area contributed by atoms with E-state index in [1.165, 1.54) is 5.56 Å². The molecule has 1 heterocycles. The van der Waals surface area contributed by atoms with E-state index in [9.17, 15) is 0 Å². The molecule has 3 aromatic rings. The molecule has 0 amide bonds. The van der Waals surface area contributed by atoms with E-state index in [1.807, 2.05) is 24.3 Å². The van der Waals surface area contributed by atoms with Gasteiger partial charge in [0.1, 0.15) is 5.75 Å². The quantitative estimate of drug-likeness (QED) is 0.724. The van der Waals surface area contributed by atoms with E-state index in [2.05, 4.69) is 53.6 Å². The summed E-state index contributed by atoms with van der Waals surface area (Å²) in [5, 5.41) is 7.33. The second-order valence-electron chi connectivity index (χ2n) is 5.85. The average molecular weight is 323 g/mol. The summed E-state index contributed by atoms with van der Waals surface area (Å²) in [5.41, 5.74) is 3.14. The molecule has 0 aliphatic carbocycles. The third kappa shape index (κ3) is 3.56. The van der Waals surface area contributed by atoms with Crippen LogP contribution in [0.5, 0.6) is 5.75 Å². The summed E-state index contributed by atoms with van der Waals surface area (Å²) in [6.45, 7) is 4.86. The fraction of sp³-hybridized carbons (Fsp3) is 0.263. The zero-order chi connectivity index (χ0) is 16.9. The van der Waals surface area contributed by atoms with Crippen molar-refractivity contribution in [2.24, 2.45) is 0 Å². The van der Waals surface area contributed by atoms with Gasteiger partial charge >= 0.3 is 0 Å². The van der Waals surface area contributed by atoms with Gasteiger partial charge in [0.15, 0.2) is 5.82 Å². The summed E-state index contributed by atoms with van der Waals surface area (Å²) >= 11 is 0. The highest BCUT2D eigenvalue weighted by Gasteiger charge is 2.13. The molecule has 0 unspecified atom stereocenters. The smallest absolute Gasteiger partial charge is 0.261 e. The van der Waals surface area contributed by atoms with Gasteiger partial charge in [0, 0.05) is 5.69 Å². The Morgan fingerprint density at radius 2 is 1.83 bits per heavy atom. The third-order valence-electron chi connectivity index (χ3n) is 3.83. The Kier molecular flexibility index (Phi) is 4.79. The van der Waals surface area contributed by atoms with Gasteiger partial charge in [-0.15, -0.1) is 0 Å². The Hall–Kier alpha value is -2.82. The van der Waals surface area contributed by atoms with Crippen LogP contribution in [0.3, 0.4) is 0 Å². The molecule has 0 aliphatic rings. The summed E-state index contributed by atoms with van der Waals surface area (Å²) in [7, 11) is 1.62. The number of ether oxygens (including phenoxy) is 1. The molecule has 0 bridgehead atoms. The fourth-order valence-corrected chi connectivity index (χ4v) is 2.42. The highest BCUT2D eigenvalue weighted by molar-refractivity contribution is 5.62. The molecule has 5 heteroatoms. The van der Waals surface area contributed by atoms with E-state index in [0.29, 0.717) is 29.9 Å². The maximum atomic E-state index is 5.35. The standard InChI is InChI=1S/C19H21N3O2/c1-13(2)14-8-10-15(11-9-14)20-12-18-21-19(24-22-18)16-6-4-5-7-17(16)23-3/h4-11,13,20H,12H2,1-3H3. The Labute approximate surface area is 141 Å². The van der Waals surface area contributed by atoms with Crippen LogP contribution < -0.4 is 10.1 Å². The van der Waals surface area contributed by atoms with Crippen molar-refractivity contribution in [2.45, 2.75) is 26.3 Å². The summed E-state index contributed by atoms with van der Waals surface area (Å²) in [5.74, 6) is 2.30. The molecule has 1 N–H and O–H groups in total. The van der Waals surface area contributed by atoms with Crippen molar-refractivity contribution in [3.8, 4) is 17.2 Å². The van der Waals surface area contributed by atoms with Gasteiger partial charge in [0.2, 0.25) is 0 Å². The Bertz CT molecular complexity index is 794. The van der Waals surface area contributed by atoms with Crippen molar-refractivity contribution >= 4 is 5.69 Å². The highest BCUT2D eigenvalue weighted by atomic mass is 16.5. The summed E-state index contributed by atoms with van der Waals surface area (Å²) < 4.78 is 10.7. The van der Waals surface area contributed by atoms with Crippen LogP contribution >= 0.6 is 0 Å². The van der Waals surface area contributed by atoms with Gasteiger partial charge in [0.25, 0.3) is 5.89 Å². The normalized spacial score (nSPS) is 10.8. The third-order valence-corrected chi connectivity index (χ3v) is 3.83. The predicted molar refractivity (Wildman–Crippen MR) is 94.1 cm³/mol. The first-order chi connectivity index (χ1) is 11.7. The van der Waals surface area contributed by atoms with E-state index >= 15 is 0 Å². The number of rotatable bonds is 6. The number of methoxy groups -OCH3 is 1. The zero-order valence-corrected chi connectivity index (χ0v) is 14.1. The lowest BCUT2D eigenvalue weighted by molar-refractivity contribution is 0.403. The fourth-order valence-electron chi connectivity index (χ4n) is 2.42. The van der Waals surface area contributed by atoms with Crippen LogP contribution in [-0.4, -0.2) is 17.3 Å². The topological polar surface area (TPSA) is 60.2 Å². The SMILES string of the molecule is COc1ccccc1-c1nc(CNc2ccc(C(C)C)cc2)no1. The number of aromatic nitrogens is 2. The molecule has 0 saturated carbocycles. The van der Waals surface area contributed by atoms with Crippen molar-refractivity contribution in [1.82, 2.24) is 10.1 Å². The summed E-state index contributed by atoms with van der Waals surface area (Å²) in [6, 6.07) is 16.0. The van der Waals surface area contributed by atoms with Gasteiger partial charge in [-0.1, -0.05) is 43.3 Å². The number of anilines is 1. The second kappa shape index (κ2) is 7.17. The molecule has 24 heavy (non-hydrogen) atoms. The number of para-hydroxylation sites is 1. The molecular weight excluding hydrogens is 302 g/mol. The van der Waals surface area contributed by atoms with Crippen LogP contribution in [0.2, 0.25) is 0 Å². The Morgan fingerprint density at radius 3 is 2.54 bits per heavy atom. The lowest BCUT2D eigenvalue weighted by atomic mass is 10.0. The summed E-state index contributed by atoms with van der Waals surface area (Å²) in [4.78, 5) is 4.43. The first-order valence-electron chi connectivity index (χ1n) is 7.97. The second-order valence-corrected chi connectivity index (χ2v) is 5.85. The van der Waals surface area contributed by atoms with E-state index in [1.54, 1.807) is 7.11 Å². The van der Waals surface area contributed by atoms with E-state index in [-0.39, 0.29) is 0 Å². The predicted octanol–water partition coefficient (Wildman–Crippen LogP) is 4.48. The monoisotopic (exact) mass is 323 g/mol. The van der Waals surface area contributed by atoms with E-state index < -0.39 is 0 Å². The molecule has 0 aliphatic heterocycles. The summed E-state index contributed by atoms with van der Waals surface area (Å²) in [6.07, 6.45) is 0. The van der Waals surface area contributed by atoms with Crippen LogP contribution in [0, 0.1) is 0 Å². The van der Waals surface area contributed by atoms with Gasteiger partial charge in [-0.05, 0) is 35.7 Å². The lowest BCUT2D eigenvalue weighted by Crippen LogP contribution is -2.01. The highest BCUT2D eigenvalue weighted by Crippen LogP contribution is 2.28. The Balaban J connectivity index is 1.68. The molecule has 124 valence electrons. The van der Waals surface area contributed by atoms with Crippen LogP contribution in [0.4, 0.5) is 5.69 Å². The van der Waals surface area contributed by atoms with Gasteiger partial charge in [-0.3, -0.25) is 0 Å². The molecule has 2 aromatic carbocycles. The van der Waals surface area contributed by atoms with Gasteiger partial charge in [0.05, 0.1) is 19.2 Å². The van der Waals surface area contributed by atoms with Gasteiger partial charge in [-0.25, -0.2) is 0 Å². The molecule has 1 aromatic heterocycles. The number of benzene rings is 2. The van der Waals surface area contributed by atoms with Crippen molar-refractivity contribution < 1.29 is 9.26 Å². The van der Waals surface area contributed by atoms with E-state index in [0.717, 1.165) is 11.3 Å². The van der Waals surface area contributed by atoms with Crippen molar-refractivity contribution in [1.29, 1.82) is 0 Å². The maximum Gasteiger partial charge on any atom is 0.261 e. The van der Waals surface area contributed by atoms with Gasteiger partial charge in [-0.2, -0.15) is 4.98 Å². The van der Waals surface area contributed by atoms with Crippen molar-refractivity contribution in [3.63, 3.8) is 0 Å². The molecule has 0 atom stereocenters. The molecule has 0 radical (unpaired) electrons. The van der Waals surface area contributed by atoms with Crippen LogP contribution in [-0.2, 0) is 6.54 Å². The Morgan fingerprint density at radius 1 is 1.08 bits per heavy atom. The van der Waals surface area contributed by atoms with Crippen molar-refractivity contribution in [3.05, 3.63) is 59.9 Å². The minimum atomic E-state index is 0.458. The van der Waals surface area contributed by atoms with Crippen molar-refractivity contribution in [2.75, 3.05) is 12.4 Å². The largest absolute Gasteiger partial charge is 0.496 e. The number of nitrogens with one attached hydrogen (secondary N) is 1. The van der Waals surface area contributed by atoms with Crippen LogP contribution in [0.25, 0.3) is 11.5 Å². The molecule has 5 nitrogen and oxygen atoms in total. The first kappa shape index (κ1) is 16.1. The minimum absolute atomic E-state index is 0.458.